The summed E-state index contributed by atoms with van der Waals surface area (Å²) in [5, 5.41) is 11.9. The number of likely N-dealkylation sites (tertiary alicyclic amines) is 1. The third-order valence-electron chi connectivity index (χ3n) is 11.5. The number of rotatable bonds is 11. The number of hydrogen-bond acceptors (Lipinski definition) is 12. The summed E-state index contributed by atoms with van der Waals surface area (Å²) < 4.78 is 63.7. The Balaban J connectivity index is 0.000000171. The number of nitrogens with one attached hydrogen (secondary N) is 2. The van der Waals surface area contributed by atoms with Gasteiger partial charge in [-0.2, -0.15) is 0 Å². The number of aromatic hydroxyl groups is 1. The van der Waals surface area contributed by atoms with E-state index in [0.717, 1.165) is 56.2 Å². The maximum atomic E-state index is 15.1. The molecule has 0 radical (unpaired) electrons. The van der Waals surface area contributed by atoms with Crippen LogP contribution in [0, 0.1) is 30.9 Å². The summed E-state index contributed by atoms with van der Waals surface area (Å²) in [4.78, 5) is 25.5. The zero-order chi connectivity index (χ0) is 43.0. The van der Waals surface area contributed by atoms with E-state index in [2.05, 4.69) is 34.8 Å². The first-order chi connectivity index (χ1) is 30.1. The Bertz CT molecular complexity index is 2920. The van der Waals surface area contributed by atoms with Crippen LogP contribution in [-0.2, 0) is 4.74 Å². The normalized spacial score (nSPS) is 14.8. The summed E-state index contributed by atoms with van der Waals surface area (Å²) in [5.41, 5.74) is 4.70. The summed E-state index contributed by atoms with van der Waals surface area (Å²) in [5.74, 6) is 1.03. The number of ether oxygens (including phenoxy) is 6. The number of phenolic OH excluding ortho intramolecular Hbond substituents is 1. The van der Waals surface area contributed by atoms with Crippen LogP contribution >= 0.6 is 0 Å². The van der Waals surface area contributed by atoms with Gasteiger partial charge >= 0.3 is 0 Å². The Morgan fingerprint density at radius 1 is 0.677 bits per heavy atom. The summed E-state index contributed by atoms with van der Waals surface area (Å²) >= 11 is 0. The zero-order valence-corrected chi connectivity index (χ0v) is 34.7. The molecule has 0 atom stereocenters. The number of piperidine rings is 1. The molecule has 0 aliphatic carbocycles. The van der Waals surface area contributed by atoms with Crippen LogP contribution in [0.5, 0.6) is 46.3 Å². The standard InChI is InChI=1S/C28H31FN4O4.C18H14FN3O3/c1-18-12-19-21(32-18)4-5-23(26(19)29)37-27-20-13-24(34-2)25(14-22(20)30-17-31-27)36-11-3-8-33-9-6-28(7-10-33)15-35-16-28;1-9-5-10-12(22-9)3-4-15(17(10)19)25-18-11-6-16(24-2)14(23)7-13(11)20-8-21-18/h4-5,12-14,17,32H,3,6-11,15-16H2,1-2H3;3-8,22-23H,1-2H3. The Morgan fingerprint density at radius 3 is 1.76 bits per heavy atom. The first kappa shape index (κ1) is 40.6. The number of aromatic nitrogens is 6. The summed E-state index contributed by atoms with van der Waals surface area (Å²) in [6.45, 7) is 9.43. The van der Waals surface area contributed by atoms with Crippen molar-refractivity contribution in [3.8, 4) is 46.3 Å². The lowest BCUT2D eigenvalue weighted by molar-refractivity contribution is -0.139. The van der Waals surface area contributed by atoms with Crippen LogP contribution < -0.4 is 23.7 Å². The van der Waals surface area contributed by atoms with Crippen LogP contribution in [0.1, 0.15) is 30.7 Å². The lowest BCUT2D eigenvalue weighted by Crippen LogP contribution is -2.51. The van der Waals surface area contributed by atoms with Crippen LogP contribution in [0.25, 0.3) is 43.6 Å². The predicted molar refractivity (Wildman–Crippen MR) is 229 cm³/mol. The molecule has 10 rings (SSSR count). The third-order valence-corrected chi connectivity index (χ3v) is 11.5. The second-order valence-electron chi connectivity index (χ2n) is 15.7. The van der Waals surface area contributed by atoms with Crippen molar-refractivity contribution >= 4 is 43.6 Å². The highest BCUT2D eigenvalue weighted by molar-refractivity contribution is 5.89. The number of methoxy groups -OCH3 is 2. The zero-order valence-electron chi connectivity index (χ0n) is 34.7. The first-order valence-corrected chi connectivity index (χ1v) is 20.3. The molecule has 0 bridgehead atoms. The topological polar surface area (TPSA) is 162 Å². The third kappa shape index (κ3) is 8.06. The van der Waals surface area contributed by atoms with Crippen molar-refractivity contribution in [2.75, 3.05) is 53.7 Å². The minimum absolute atomic E-state index is 0.0463. The van der Waals surface area contributed by atoms with Crippen molar-refractivity contribution in [1.82, 2.24) is 34.8 Å². The fourth-order valence-corrected chi connectivity index (χ4v) is 8.03. The predicted octanol–water partition coefficient (Wildman–Crippen LogP) is 9.31. The number of benzene rings is 4. The lowest BCUT2D eigenvalue weighted by atomic mass is 9.77. The molecule has 320 valence electrons. The van der Waals surface area contributed by atoms with Gasteiger partial charge in [0.25, 0.3) is 0 Å². The Labute approximate surface area is 354 Å². The number of H-pyrrole nitrogens is 2. The molecule has 0 saturated carbocycles. The lowest BCUT2D eigenvalue weighted by Gasteiger charge is -2.47. The van der Waals surface area contributed by atoms with E-state index in [1.807, 2.05) is 19.9 Å². The van der Waals surface area contributed by atoms with Gasteiger partial charge in [-0.15, -0.1) is 0 Å². The maximum absolute atomic E-state index is 15.1. The molecule has 2 fully saturated rings. The molecule has 2 aliphatic heterocycles. The van der Waals surface area contributed by atoms with Gasteiger partial charge in [0.05, 0.1) is 55.8 Å². The molecular formula is C46H45F2N7O7. The molecule has 8 aromatic rings. The van der Waals surface area contributed by atoms with E-state index < -0.39 is 11.6 Å². The second-order valence-corrected chi connectivity index (χ2v) is 15.7. The first-order valence-electron chi connectivity index (χ1n) is 20.3. The molecule has 16 heteroatoms. The van der Waals surface area contributed by atoms with E-state index in [4.69, 9.17) is 28.4 Å². The van der Waals surface area contributed by atoms with Gasteiger partial charge in [0.1, 0.15) is 12.7 Å². The highest BCUT2D eigenvalue weighted by Crippen LogP contribution is 2.40. The molecule has 4 aromatic heterocycles. The highest BCUT2D eigenvalue weighted by atomic mass is 19.1. The smallest absolute Gasteiger partial charge is 0.230 e. The van der Waals surface area contributed by atoms with Crippen molar-refractivity contribution in [3.05, 3.63) is 96.3 Å². The number of aromatic amines is 2. The molecule has 0 amide bonds. The number of nitrogens with zero attached hydrogens (tertiary/aromatic N) is 5. The van der Waals surface area contributed by atoms with Gasteiger partial charge in [0.15, 0.2) is 46.1 Å². The molecule has 6 heterocycles. The van der Waals surface area contributed by atoms with Gasteiger partial charge in [-0.3, -0.25) is 0 Å². The molecule has 0 unspecified atom stereocenters. The second kappa shape index (κ2) is 16.9. The van der Waals surface area contributed by atoms with Crippen LogP contribution in [0.4, 0.5) is 8.78 Å². The van der Waals surface area contributed by atoms with Crippen molar-refractivity contribution in [3.63, 3.8) is 0 Å². The van der Waals surface area contributed by atoms with Crippen LogP contribution in [0.2, 0.25) is 0 Å². The fourth-order valence-electron chi connectivity index (χ4n) is 8.03. The van der Waals surface area contributed by atoms with Crippen LogP contribution in [0.15, 0.2) is 73.3 Å². The molecule has 62 heavy (non-hydrogen) atoms. The van der Waals surface area contributed by atoms with Gasteiger partial charge in [-0.1, -0.05) is 0 Å². The van der Waals surface area contributed by atoms with E-state index in [-0.39, 0.29) is 34.8 Å². The molecule has 2 saturated heterocycles. The number of phenols is 1. The molecule has 1 spiro atoms. The minimum Gasteiger partial charge on any atom is -0.504 e. The summed E-state index contributed by atoms with van der Waals surface area (Å²) in [6.07, 6.45) is 6.06. The van der Waals surface area contributed by atoms with Gasteiger partial charge in [0, 0.05) is 57.3 Å². The quantitative estimate of drug-likeness (QED) is 0.106. The molecule has 14 nitrogen and oxygen atoms in total. The van der Waals surface area contributed by atoms with Crippen LogP contribution in [0.3, 0.4) is 0 Å². The summed E-state index contributed by atoms with van der Waals surface area (Å²) in [7, 11) is 3.03. The number of hydrogen-bond donors (Lipinski definition) is 3. The van der Waals surface area contributed by atoms with E-state index in [0.29, 0.717) is 61.6 Å². The minimum atomic E-state index is -0.473. The van der Waals surface area contributed by atoms with E-state index in [9.17, 15) is 9.50 Å². The highest BCUT2D eigenvalue weighted by Gasteiger charge is 2.40. The monoisotopic (exact) mass is 845 g/mol. The SMILES string of the molecule is COc1cc2c(Oc3ccc4[nH]c(C)cc4c3F)ncnc2cc1O.COc1cc2c(Oc3ccc4[nH]c(C)cc4c3F)ncnc2cc1OCCCN1CCC2(CC1)COC2. The Kier molecular flexibility index (Phi) is 11.1. The number of aryl methyl sites for hydroxylation is 2. The molecular weight excluding hydrogens is 801 g/mol. The Hall–Kier alpha value is -6.78. The number of halogens is 2. The van der Waals surface area contributed by atoms with Crippen molar-refractivity contribution in [2.45, 2.75) is 33.1 Å². The van der Waals surface area contributed by atoms with Crippen molar-refractivity contribution in [2.24, 2.45) is 5.41 Å². The van der Waals surface area contributed by atoms with Crippen molar-refractivity contribution < 1.29 is 42.3 Å². The molecule has 2 aliphatic rings. The average molecular weight is 846 g/mol. The van der Waals surface area contributed by atoms with E-state index >= 15 is 4.39 Å². The largest absolute Gasteiger partial charge is 0.504 e. The van der Waals surface area contributed by atoms with Gasteiger partial charge < -0.3 is 48.4 Å². The maximum Gasteiger partial charge on any atom is 0.230 e. The van der Waals surface area contributed by atoms with E-state index in [1.165, 1.54) is 38.7 Å². The number of fused-ring (bicyclic) bond motifs is 4. The van der Waals surface area contributed by atoms with Crippen molar-refractivity contribution in [1.29, 1.82) is 0 Å². The fraction of sp³-hybridized carbons (Fsp3) is 0.304. The van der Waals surface area contributed by atoms with Gasteiger partial charge in [0.2, 0.25) is 11.8 Å². The Morgan fingerprint density at radius 2 is 1.23 bits per heavy atom. The molecule has 4 aromatic carbocycles. The van der Waals surface area contributed by atoms with E-state index in [1.54, 1.807) is 55.6 Å². The summed E-state index contributed by atoms with van der Waals surface area (Å²) in [6, 6.07) is 16.7. The molecule has 3 N–H and O–H groups in total. The van der Waals surface area contributed by atoms with Gasteiger partial charge in [-0.05, 0) is 94.7 Å². The van der Waals surface area contributed by atoms with Gasteiger partial charge in [-0.25, -0.2) is 28.7 Å². The van der Waals surface area contributed by atoms with Crippen LogP contribution in [-0.4, -0.2) is 93.6 Å². The average Bonchev–Trinajstić information content (AvgIpc) is 3.85.